The number of fused-ring (bicyclic) bond motifs is 1. The molecule has 5 heteroatoms. The lowest BCUT2D eigenvalue weighted by Crippen LogP contribution is -2.35. The van der Waals surface area contributed by atoms with Crippen molar-refractivity contribution in [3.8, 4) is 0 Å². The Bertz CT molecular complexity index is 513. The Kier molecular flexibility index (Phi) is 2.68. The minimum absolute atomic E-state index is 0.561. The van der Waals surface area contributed by atoms with Gasteiger partial charge in [-0.2, -0.15) is 0 Å². The van der Waals surface area contributed by atoms with Crippen LogP contribution in [0.3, 0.4) is 0 Å². The number of nitrogens with one attached hydrogen (secondary N) is 1. The lowest BCUT2D eigenvalue weighted by Gasteiger charge is -2.22. The summed E-state index contributed by atoms with van der Waals surface area (Å²) in [6, 6.07) is 0.561. The van der Waals surface area contributed by atoms with Gasteiger partial charge < -0.3 is 11.1 Å². The van der Waals surface area contributed by atoms with Gasteiger partial charge in [-0.1, -0.05) is 6.42 Å². The molecule has 1 aliphatic rings. The van der Waals surface area contributed by atoms with E-state index in [1.807, 2.05) is 16.8 Å². The number of piperidine rings is 1. The highest BCUT2D eigenvalue weighted by atomic mass is 15.1. The summed E-state index contributed by atoms with van der Waals surface area (Å²) < 4.78 is 1.90. The molecule has 90 valence electrons. The van der Waals surface area contributed by atoms with Crippen molar-refractivity contribution in [1.29, 1.82) is 0 Å². The maximum Gasteiger partial charge on any atom is 0.234 e. The number of imidazole rings is 1. The van der Waals surface area contributed by atoms with Crippen LogP contribution in [0.4, 0.5) is 5.69 Å². The summed E-state index contributed by atoms with van der Waals surface area (Å²) in [5.74, 6) is 0.727. The smallest absolute Gasteiger partial charge is 0.234 e. The zero-order valence-electron chi connectivity index (χ0n) is 9.76. The molecule has 17 heavy (non-hydrogen) atoms. The Morgan fingerprint density at radius 1 is 1.41 bits per heavy atom. The molecule has 0 bridgehead atoms. The van der Waals surface area contributed by atoms with Gasteiger partial charge >= 0.3 is 0 Å². The number of rotatable bonds is 2. The van der Waals surface area contributed by atoms with Gasteiger partial charge in [-0.3, -0.25) is 4.40 Å². The second-order valence-electron chi connectivity index (χ2n) is 4.68. The molecule has 0 aliphatic carbocycles. The lowest BCUT2D eigenvalue weighted by atomic mass is 10.0. The first-order chi connectivity index (χ1) is 8.31. The van der Waals surface area contributed by atoms with Crippen molar-refractivity contribution in [1.82, 2.24) is 19.7 Å². The van der Waals surface area contributed by atoms with Gasteiger partial charge in [0.05, 0.1) is 17.6 Å². The molecule has 0 aromatic carbocycles. The molecule has 0 amide bonds. The summed E-state index contributed by atoms with van der Waals surface area (Å²) >= 11 is 0. The zero-order valence-corrected chi connectivity index (χ0v) is 9.76. The van der Waals surface area contributed by atoms with Crippen LogP contribution in [-0.4, -0.2) is 27.0 Å². The molecule has 3 heterocycles. The molecule has 3 N–H and O–H groups in total. The van der Waals surface area contributed by atoms with Crippen molar-refractivity contribution in [2.45, 2.75) is 31.7 Å². The Hall–Kier alpha value is -1.62. The van der Waals surface area contributed by atoms with Gasteiger partial charge in [0.2, 0.25) is 5.78 Å². The van der Waals surface area contributed by atoms with Crippen molar-refractivity contribution in [3.05, 3.63) is 24.3 Å². The molecule has 1 saturated heterocycles. The van der Waals surface area contributed by atoms with Crippen LogP contribution >= 0.6 is 0 Å². The largest absolute Gasteiger partial charge is 0.396 e. The third kappa shape index (κ3) is 2.24. The van der Waals surface area contributed by atoms with Crippen molar-refractivity contribution >= 4 is 11.5 Å². The molecular formula is C12H17N5. The average molecular weight is 231 g/mol. The molecule has 1 aliphatic heterocycles. The highest BCUT2D eigenvalue weighted by molar-refractivity contribution is 5.40. The highest BCUT2D eigenvalue weighted by Gasteiger charge is 2.14. The fourth-order valence-electron chi connectivity index (χ4n) is 2.40. The quantitative estimate of drug-likeness (QED) is 0.809. The van der Waals surface area contributed by atoms with E-state index in [-0.39, 0.29) is 0 Å². The predicted molar refractivity (Wildman–Crippen MR) is 66.7 cm³/mol. The summed E-state index contributed by atoms with van der Waals surface area (Å²) in [4.78, 5) is 8.71. The molecule has 5 nitrogen and oxygen atoms in total. The monoisotopic (exact) mass is 231 g/mol. The van der Waals surface area contributed by atoms with Crippen molar-refractivity contribution in [2.24, 2.45) is 0 Å². The van der Waals surface area contributed by atoms with E-state index in [1.165, 1.54) is 19.3 Å². The molecule has 1 fully saturated rings. The summed E-state index contributed by atoms with van der Waals surface area (Å²) in [6.07, 6.45) is 10.3. The van der Waals surface area contributed by atoms with Crippen LogP contribution < -0.4 is 11.1 Å². The minimum Gasteiger partial charge on any atom is -0.396 e. The van der Waals surface area contributed by atoms with E-state index in [2.05, 4.69) is 15.3 Å². The second-order valence-corrected chi connectivity index (χ2v) is 4.68. The zero-order chi connectivity index (χ0) is 11.7. The number of nitrogens with zero attached hydrogens (tertiary/aromatic N) is 3. The standard InChI is InChI=1S/C12H17N5/c13-9-6-15-12-16-11(8-17(12)7-9)5-10-3-1-2-4-14-10/h6-8,10,14H,1-5,13H2. The Morgan fingerprint density at radius 2 is 2.35 bits per heavy atom. The molecule has 1 unspecified atom stereocenters. The molecule has 0 spiro atoms. The van der Waals surface area contributed by atoms with Gasteiger partial charge in [-0.05, 0) is 19.4 Å². The van der Waals surface area contributed by atoms with Crippen molar-refractivity contribution in [2.75, 3.05) is 12.3 Å². The number of nitrogen functional groups attached to an aromatic ring is 1. The van der Waals surface area contributed by atoms with E-state index in [4.69, 9.17) is 5.73 Å². The van der Waals surface area contributed by atoms with Crippen LogP contribution in [0.5, 0.6) is 0 Å². The first-order valence-corrected chi connectivity index (χ1v) is 6.14. The molecule has 3 rings (SSSR count). The Morgan fingerprint density at radius 3 is 3.18 bits per heavy atom. The third-order valence-corrected chi connectivity index (χ3v) is 3.25. The summed E-state index contributed by atoms with van der Waals surface area (Å²) in [5, 5.41) is 3.53. The number of anilines is 1. The topological polar surface area (TPSA) is 68.2 Å². The van der Waals surface area contributed by atoms with Crippen molar-refractivity contribution < 1.29 is 0 Å². The SMILES string of the molecule is Nc1cnc2nc(CC3CCCCN3)cn2c1. The first-order valence-electron chi connectivity index (χ1n) is 6.14. The van der Waals surface area contributed by atoms with Crippen LogP contribution in [0.1, 0.15) is 25.0 Å². The fourth-order valence-corrected chi connectivity index (χ4v) is 2.40. The van der Waals surface area contributed by atoms with Gasteiger partial charge in [0.25, 0.3) is 0 Å². The van der Waals surface area contributed by atoms with Crippen molar-refractivity contribution in [3.63, 3.8) is 0 Å². The third-order valence-electron chi connectivity index (χ3n) is 3.25. The van der Waals surface area contributed by atoms with E-state index >= 15 is 0 Å². The molecule has 1 atom stereocenters. The fraction of sp³-hybridized carbons (Fsp3) is 0.500. The Labute approximate surface area is 100 Å². The molecular weight excluding hydrogens is 214 g/mol. The van der Waals surface area contributed by atoms with Crippen LogP contribution in [0.15, 0.2) is 18.6 Å². The van der Waals surface area contributed by atoms with E-state index in [0.717, 1.165) is 24.4 Å². The van der Waals surface area contributed by atoms with Gasteiger partial charge in [0.15, 0.2) is 0 Å². The van der Waals surface area contributed by atoms with E-state index < -0.39 is 0 Å². The second kappa shape index (κ2) is 4.33. The minimum atomic E-state index is 0.561. The van der Waals surface area contributed by atoms with Gasteiger partial charge in [-0.25, -0.2) is 9.97 Å². The number of hydrogen-bond donors (Lipinski definition) is 2. The number of aromatic nitrogens is 3. The molecule has 2 aromatic rings. The summed E-state index contributed by atoms with van der Waals surface area (Å²) in [6.45, 7) is 1.13. The normalized spacial score (nSPS) is 20.8. The van der Waals surface area contributed by atoms with E-state index in [0.29, 0.717) is 11.7 Å². The van der Waals surface area contributed by atoms with Gasteiger partial charge in [-0.15, -0.1) is 0 Å². The van der Waals surface area contributed by atoms with Crippen LogP contribution in [0.25, 0.3) is 5.78 Å². The maximum absolute atomic E-state index is 5.69. The lowest BCUT2D eigenvalue weighted by molar-refractivity contribution is 0.397. The van der Waals surface area contributed by atoms with Gasteiger partial charge in [0.1, 0.15) is 0 Å². The maximum atomic E-state index is 5.69. The summed E-state index contributed by atoms with van der Waals surface area (Å²) in [5.41, 5.74) is 7.44. The molecule has 0 radical (unpaired) electrons. The molecule has 0 saturated carbocycles. The van der Waals surface area contributed by atoms with E-state index in [1.54, 1.807) is 6.20 Å². The summed E-state index contributed by atoms with van der Waals surface area (Å²) in [7, 11) is 0. The number of hydrogen-bond acceptors (Lipinski definition) is 4. The first kappa shape index (κ1) is 10.5. The van der Waals surface area contributed by atoms with Crippen LogP contribution in [0, 0.1) is 0 Å². The van der Waals surface area contributed by atoms with Crippen LogP contribution in [-0.2, 0) is 6.42 Å². The van der Waals surface area contributed by atoms with Crippen LogP contribution in [0.2, 0.25) is 0 Å². The predicted octanol–water partition coefficient (Wildman–Crippen LogP) is 0.996. The average Bonchev–Trinajstić information content (AvgIpc) is 2.71. The van der Waals surface area contributed by atoms with E-state index in [9.17, 15) is 0 Å². The molecule has 2 aromatic heterocycles. The van der Waals surface area contributed by atoms with Gasteiger partial charge in [0, 0.05) is 24.9 Å². The highest BCUT2D eigenvalue weighted by Crippen LogP contribution is 2.13. The number of nitrogens with two attached hydrogens (primary N) is 1. The Balaban J connectivity index is 1.80.